The summed E-state index contributed by atoms with van der Waals surface area (Å²) < 4.78 is 29.3. The van der Waals surface area contributed by atoms with Crippen molar-refractivity contribution in [1.29, 1.82) is 0 Å². The van der Waals surface area contributed by atoms with Gasteiger partial charge in [0.2, 0.25) is 0 Å². The summed E-state index contributed by atoms with van der Waals surface area (Å²) in [5.74, 6) is 2.18. The number of rotatable bonds is 13. The molecule has 1 saturated heterocycles. The molecule has 0 aliphatic carbocycles. The van der Waals surface area contributed by atoms with Crippen LogP contribution >= 0.6 is 0 Å². The zero-order valence-electron chi connectivity index (χ0n) is 25.6. The molecule has 9 heteroatoms. The van der Waals surface area contributed by atoms with Crippen LogP contribution in [0.15, 0.2) is 71.9 Å². The number of methoxy groups -OCH3 is 2. The molecule has 0 saturated carbocycles. The number of piperidine rings is 1. The Kier molecular flexibility index (Phi) is 10.3. The molecule has 2 heterocycles. The Bertz CT molecular complexity index is 1330. The molecule has 0 radical (unpaired) electrons. The van der Waals surface area contributed by atoms with Gasteiger partial charge in [0.25, 0.3) is 0 Å². The molecule has 2 aliphatic rings. The zero-order valence-corrected chi connectivity index (χ0v) is 25.6. The van der Waals surface area contributed by atoms with E-state index in [2.05, 4.69) is 21.5 Å². The molecule has 0 spiro atoms. The number of nitrogens with zero attached hydrogens (tertiary/aromatic N) is 2. The van der Waals surface area contributed by atoms with Crippen molar-refractivity contribution in [1.82, 2.24) is 5.32 Å². The molecule has 0 unspecified atom stereocenters. The third kappa shape index (κ3) is 7.54. The van der Waals surface area contributed by atoms with Crippen molar-refractivity contribution in [3.63, 3.8) is 0 Å². The van der Waals surface area contributed by atoms with Gasteiger partial charge in [-0.2, -0.15) is 4.91 Å². The lowest BCUT2D eigenvalue weighted by Crippen LogP contribution is -2.48. The van der Waals surface area contributed by atoms with E-state index in [-0.39, 0.29) is 17.6 Å². The molecule has 0 aromatic heterocycles. The number of anilines is 1. The van der Waals surface area contributed by atoms with Crippen molar-refractivity contribution < 1.29 is 23.7 Å². The molecular formula is C34H43N3O6. The van der Waals surface area contributed by atoms with Crippen LogP contribution in [-0.4, -0.2) is 65.8 Å². The Labute approximate surface area is 254 Å². The maximum Gasteiger partial charge on any atom is 0.142 e. The molecule has 9 nitrogen and oxygen atoms in total. The Morgan fingerprint density at radius 1 is 1.00 bits per heavy atom. The maximum atomic E-state index is 11.9. The average Bonchev–Trinajstić information content (AvgIpc) is 3.04. The van der Waals surface area contributed by atoms with Crippen LogP contribution in [0.4, 0.5) is 5.69 Å². The lowest BCUT2D eigenvalue weighted by Gasteiger charge is -2.36. The minimum absolute atomic E-state index is 0.171. The second kappa shape index (κ2) is 14.3. The molecule has 3 atom stereocenters. The highest BCUT2D eigenvalue weighted by Crippen LogP contribution is 2.35. The summed E-state index contributed by atoms with van der Waals surface area (Å²) in [5, 5.41) is 6.80. The summed E-state index contributed by atoms with van der Waals surface area (Å²) in [6.45, 7) is 8.79. The van der Waals surface area contributed by atoms with Crippen LogP contribution in [0, 0.1) is 4.91 Å². The van der Waals surface area contributed by atoms with E-state index >= 15 is 0 Å². The highest BCUT2D eigenvalue weighted by atomic mass is 16.5. The molecule has 3 aromatic carbocycles. The first-order valence-corrected chi connectivity index (χ1v) is 15.0. The van der Waals surface area contributed by atoms with Gasteiger partial charge in [0.15, 0.2) is 0 Å². The summed E-state index contributed by atoms with van der Waals surface area (Å²) in [6.07, 6.45) is 0.736. The second-order valence-corrected chi connectivity index (χ2v) is 11.6. The van der Waals surface area contributed by atoms with Crippen molar-refractivity contribution in [2.24, 2.45) is 5.18 Å². The number of hydrogen-bond acceptors (Lipinski definition) is 9. The molecule has 5 rings (SSSR count). The van der Waals surface area contributed by atoms with Gasteiger partial charge in [-0.15, -0.1) is 0 Å². The van der Waals surface area contributed by atoms with Gasteiger partial charge in [-0.1, -0.05) is 35.5 Å². The Morgan fingerprint density at radius 3 is 2.44 bits per heavy atom. The van der Waals surface area contributed by atoms with E-state index in [0.29, 0.717) is 26.3 Å². The Hall–Kier alpha value is -3.50. The highest BCUT2D eigenvalue weighted by Gasteiger charge is 2.36. The topological polar surface area (TPSA) is 90.9 Å². The van der Waals surface area contributed by atoms with E-state index in [1.807, 2.05) is 74.5 Å². The number of nitrogens with one attached hydrogen (secondary N) is 1. The lowest BCUT2D eigenvalue weighted by molar-refractivity contribution is 0.00539. The normalized spacial score (nSPS) is 20.3. The van der Waals surface area contributed by atoms with Crippen LogP contribution in [0.1, 0.15) is 42.9 Å². The lowest BCUT2D eigenvalue weighted by atomic mass is 9.84. The summed E-state index contributed by atoms with van der Waals surface area (Å²) in [6, 6.07) is 21.6. The van der Waals surface area contributed by atoms with Crippen LogP contribution in [0.2, 0.25) is 0 Å². The van der Waals surface area contributed by atoms with E-state index in [4.69, 9.17) is 23.7 Å². The summed E-state index contributed by atoms with van der Waals surface area (Å²) in [4.78, 5) is 14.2. The molecule has 0 amide bonds. The molecule has 1 fully saturated rings. The Morgan fingerprint density at radius 2 is 1.74 bits per heavy atom. The van der Waals surface area contributed by atoms with Crippen LogP contribution < -0.4 is 19.7 Å². The summed E-state index contributed by atoms with van der Waals surface area (Å²) >= 11 is 0. The molecular weight excluding hydrogens is 546 g/mol. The summed E-state index contributed by atoms with van der Waals surface area (Å²) in [5.41, 5.74) is 3.86. The zero-order chi connectivity index (χ0) is 30.2. The van der Waals surface area contributed by atoms with Gasteiger partial charge in [0, 0.05) is 46.4 Å². The minimum atomic E-state index is -0.435. The van der Waals surface area contributed by atoms with Crippen molar-refractivity contribution in [3.8, 4) is 17.2 Å². The monoisotopic (exact) mass is 589 g/mol. The first-order chi connectivity index (χ1) is 20.9. The van der Waals surface area contributed by atoms with Gasteiger partial charge in [-0.25, -0.2) is 0 Å². The average molecular weight is 590 g/mol. The molecule has 2 aliphatic heterocycles. The van der Waals surface area contributed by atoms with E-state index in [0.717, 1.165) is 65.7 Å². The second-order valence-electron chi connectivity index (χ2n) is 11.6. The van der Waals surface area contributed by atoms with Crippen LogP contribution in [0.3, 0.4) is 0 Å². The SMILES string of the molecule is COCCCN1CCOc2ccc(CO[C@H]3CNC[C@@H](N=O)[C@@H]3c3ccc(Oc4ccc(C(C)(C)OC)cc4)cc3)cc21. The van der Waals surface area contributed by atoms with Gasteiger partial charge >= 0.3 is 0 Å². The largest absolute Gasteiger partial charge is 0.490 e. The quantitative estimate of drug-likeness (QED) is 0.192. The highest BCUT2D eigenvalue weighted by molar-refractivity contribution is 5.61. The van der Waals surface area contributed by atoms with Crippen LogP contribution in [0.25, 0.3) is 0 Å². The number of benzene rings is 3. The van der Waals surface area contributed by atoms with Crippen LogP contribution in [0.5, 0.6) is 17.2 Å². The predicted molar refractivity (Wildman–Crippen MR) is 167 cm³/mol. The number of hydrogen-bond donors (Lipinski definition) is 1. The standard InChI is InChI=1S/C34H43N3O6/c1-34(2,40-4)26-9-13-28(14-10-26)43-27-11-7-25(8-12-27)33-29(36-38)21-35-22-32(33)42-23-24-6-15-31-30(20-24)37(17-19-41-31)16-5-18-39-3/h6-15,20,29,32-33,35H,5,16-19,21-23H2,1-4H3/t29-,32+,33+/m1/s1. The Balaban J connectivity index is 1.26. The van der Waals surface area contributed by atoms with Crippen molar-refractivity contribution in [3.05, 3.63) is 88.3 Å². The van der Waals surface area contributed by atoms with Gasteiger partial charge in [-0.05, 0) is 73.4 Å². The first-order valence-electron chi connectivity index (χ1n) is 15.0. The molecule has 0 bridgehead atoms. The maximum absolute atomic E-state index is 11.9. The first kappa shape index (κ1) is 30.9. The predicted octanol–water partition coefficient (Wildman–Crippen LogP) is 6.00. The summed E-state index contributed by atoms with van der Waals surface area (Å²) in [7, 11) is 3.44. The van der Waals surface area contributed by atoms with E-state index in [9.17, 15) is 4.91 Å². The molecule has 43 heavy (non-hydrogen) atoms. The fraction of sp³-hybridized carbons (Fsp3) is 0.471. The van der Waals surface area contributed by atoms with E-state index in [1.54, 1.807) is 14.2 Å². The smallest absolute Gasteiger partial charge is 0.142 e. The number of nitroso groups, excluding NO2 is 1. The van der Waals surface area contributed by atoms with Gasteiger partial charge < -0.3 is 33.9 Å². The molecule has 3 aromatic rings. The van der Waals surface area contributed by atoms with Gasteiger partial charge in [0.05, 0.1) is 30.5 Å². The van der Waals surface area contributed by atoms with Crippen molar-refractivity contribution in [2.45, 2.75) is 50.5 Å². The van der Waals surface area contributed by atoms with E-state index < -0.39 is 6.04 Å². The number of fused-ring (bicyclic) bond motifs is 1. The van der Waals surface area contributed by atoms with Gasteiger partial charge in [-0.3, -0.25) is 0 Å². The fourth-order valence-corrected chi connectivity index (χ4v) is 5.76. The third-order valence-electron chi connectivity index (χ3n) is 8.43. The van der Waals surface area contributed by atoms with Crippen LogP contribution in [-0.2, 0) is 26.4 Å². The minimum Gasteiger partial charge on any atom is -0.490 e. The van der Waals surface area contributed by atoms with Crippen molar-refractivity contribution >= 4 is 5.69 Å². The van der Waals surface area contributed by atoms with E-state index in [1.165, 1.54) is 0 Å². The molecule has 230 valence electrons. The molecule has 1 N–H and O–H groups in total. The number of ether oxygens (including phenoxy) is 5. The van der Waals surface area contributed by atoms with Gasteiger partial charge in [0.1, 0.15) is 29.9 Å². The fourth-order valence-electron chi connectivity index (χ4n) is 5.76. The third-order valence-corrected chi connectivity index (χ3v) is 8.43. The van der Waals surface area contributed by atoms with Crippen molar-refractivity contribution in [2.75, 3.05) is 58.5 Å².